The van der Waals surface area contributed by atoms with Crippen LogP contribution in [0.2, 0.25) is 0 Å². The van der Waals surface area contributed by atoms with E-state index in [0.717, 1.165) is 6.67 Å². The van der Waals surface area contributed by atoms with Crippen molar-refractivity contribution in [3.63, 3.8) is 0 Å². The molecule has 0 amide bonds. The van der Waals surface area contributed by atoms with Gasteiger partial charge in [0.25, 0.3) is 0 Å². The standard InChI is InChI=1S/C4H7N2.C2F2N3O2S.O2S/c1-6-3-2-5-4-6;3-1-5-2(7-6-1)10(4,8)9;1-3-2/h2-3H,4H2,1H3;;/q+1;-1;. The molecule has 13 heteroatoms. The fourth-order valence-corrected chi connectivity index (χ4v) is 1.02. The Morgan fingerprint density at radius 3 is 2.16 bits per heavy atom. The first-order chi connectivity index (χ1) is 8.81. The molecule has 1 aromatic heterocycles. The molecule has 0 fully saturated rings. The summed E-state index contributed by atoms with van der Waals surface area (Å²) in [4.78, 5) is 6.44. The summed E-state index contributed by atoms with van der Waals surface area (Å²) < 4.78 is 61.8. The van der Waals surface area contributed by atoms with Crippen molar-refractivity contribution in [3.8, 4) is 0 Å². The molecule has 2 heterocycles. The number of hydrogen-bond donors (Lipinski definition) is 0. The Morgan fingerprint density at radius 1 is 1.42 bits per heavy atom. The molecule has 0 radical (unpaired) electrons. The largest absolute Gasteiger partial charge is 0.337 e. The fourth-order valence-electron chi connectivity index (χ4n) is 0.695. The first-order valence-electron chi connectivity index (χ1n) is 4.24. The first kappa shape index (κ1) is 17.1. The second-order valence-corrected chi connectivity index (χ2v) is 4.13. The number of aromatic nitrogens is 3. The first-order valence-corrected chi connectivity index (χ1v) is 6.29. The number of rotatable bonds is 1. The van der Waals surface area contributed by atoms with Crippen molar-refractivity contribution in [2.75, 3.05) is 13.7 Å². The lowest BCUT2D eigenvalue weighted by Gasteiger charge is -1.87. The molecule has 0 saturated carbocycles. The molecular formula is C6H7F2N5O4S2. The lowest BCUT2D eigenvalue weighted by Crippen LogP contribution is -1.98. The zero-order valence-electron chi connectivity index (χ0n) is 9.30. The molecule has 2 rings (SSSR count). The number of halogens is 2. The highest BCUT2D eigenvalue weighted by Gasteiger charge is 2.09. The van der Waals surface area contributed by atoms with Crippen LogP contribution < -0.4 is 4.98 Å². The van der Waals surface area contributed by atoms with Gasteiger partial charge in [-0.05, 0) is 0 Å². The summed E-state index contributed by atoms with van der Waals surface area (Å²) >= 11 is -0.750. The zero-order valence-corrected chi connectivity index (χ0v) is 10.9. The third-order valence-electron chi connectivity index (χ3n) is 1.36. The Hall–Kier alpha value is -1.89. The van der Waals surface area contributed by atoms with Crippen molar-refractivity contribution in [1.82, 2.24) is 15.2 Å². The van der Waals surface area contributed by atoms with Crippen molar-refractivity contribution in [2.45, 2.75) is 5.16 Å². The molecule has 0 spiro atoms. The minimum atomic E-state index is -5.01. The minimum absolute atomic E-state index is 0.750. The fraction of sp³-hybridized carbons (Fsp3) is 0.333. The van der Waals surface area contributed by atoms with E-state index in [0.29, 0.717) is 0 Å². The second kappa shape index (κ2) is 8.25. The molecule has 0 saturated heterocycles. The van der Waals surface area contributed by atoms with E-state index in [1.165, 1.54) is 0 Å². The summed E-state index contributed by atoms with van der Waals surface area (Å²) in [7, 11) is -3.01. The average Bonchev–Trinajstić information content (AvgIpc) is 2.90. The van der Waals surface area contributed by atoms with Gasteiger partial charge in [0.05, 0.1) is 6.21 Å². The van der Waals surface area contributed by atoms with Crippen LogP contribution >= 0.6 is 0 Å². The van der Waals surface area contributed by atoms with Crippen LogP contribution in [0.15, 0.2) is 10.1 Å². The maximum absolute atomic E-state index is 11.8. The highest BCUT2D eigenvalue weighted by Crippen LogP contribution is 2.02. The molecule has 0 bridgehead atoms. The second-order valence-electron chi connectivity index (χ2n) is 2.75. The van der Waals surface area contributed by atoms with E-state index >= 15 is 0 Å². The van der Waals surface area contributed by atoms with Gasteiger partial charge in [0.1, 0.15) is 12.2 Å². The van der Waals surface area contributed by atoms with E-state index in [9.17, 15) is 16.7 Å². The monoisotopic (exact) mass is 315 g/mol. The molecule has 19 heavy (non-hydrogen) atoms. The summed E-state index contributed by atoms with van der Waals surface area (Å²) in [6, 6.07) is 0. The summed E-state index contributed by atoms with van der Waals surface area (Å²) in [5.74, 6) is 0. The van der Waals surface area contributed by atoms with Crippen molar-refractivity contribution < 1.29 is 29.7 Å². The molecule has 1 aliphatic heterocycles. The summed E-state index contributed by atoms with van der Waals surface area (Å²) in [6.07, 6.45) is 2.39. The molecule has 0 aliphatic carbocycles. The van der Waals surface area contributed by atoms with Gasteiger partial charge >= 0.3 is 21.8 Å². The van der Waals surface area contributed by atoms with Crippen LogP contribution in [0.1, 0.15) is 0 Å². The molecule has 1 aliphatic rings. The summed E-state index contributed by atoms with van der Waals surface area (Å²) in [5, 5.41) is 3.88. The Balaban J connectivity index is 0.000000306. The van der Waals surface area contributed by atoms with Gasteiger partial charge in [-0.3, -0.25) is 0 Å². The molecule has 0 unspecified atom stereocenters. The topological polar surface area (TPSA) is 124 Å². The van der Waals surface area contributed by atoms with Crippen LogP contribution in [0.25, 0.3) is 0 Å². The molecule has 9 nitrogen and oxygen atoms in total. The van der Waals surface area contributed by atoms with E-state index in [4.69, 9.17) is 8.42 Å². The predicted octanol–water partition coefficient (Wildman–Crippen LogP) is -1.70. The zero-order chi connectivity index (χ0) is 14.9. The van der Waals surface area contributed by atoms with Crippen molar-refractivity contribution in [1.29, 1.82) is 0 Å². The number of hydrogen-bond acceptors (Lipinski definition) is 7. The molecule has 106 valence electrons. The quantitative estimate of drug-likeness (QED) is 0.447. The van der Waals surface area contributed by atoms with E-state index in [2.05, 4.69) is 20.2 Å². The van der Waals surface area contributed by atoms with Gasteiger partial charge in [-0.2, -0.15) is 21.2 Å². The van der Waals surface area contributed by atoms with E-state index in [1.807, 2.05) is 17.8 Å². The Labute approximate surface area is 109 Å². The van der Waals surface area contributed by atoms with E-state index in [1.54, 1.807) is 6.21 Å². The highest BCUT2D eigenvalue weighted by atomic mass is 32.3. The Kier molecular flexibility index (Phi) is 7.43. The number of nitrogens with zero attached hydrogens (tertiary/aromatic N) is 5. The molecule has 1 aromatic rings. The van der Waals surface area contributed by atoms with E-state index < -0.39 is 33.0 Å². The highest BCUT2D eigenvalue weighted by molar-refractivity contribution is 7.86. The van der Waals surface area contributed by atoms with E-state index in [-0.39, 0.29) is 0 Å². The van der Waals surface area contributed by atoms with Crippen LogP contribution in [0.3, 0.4) is 0 Å². The van der Waals surface area contributed by atoms with Crippen LogP contribution in [0.4, 0.5) is 8.28 Å². The van der Waals surface area contributed by atoms with Crippen LogP contribution in [0, 0.1) is 6.08 Å². The van der Waals surface area contributed by atoms with Gasteiger partial charge < -0.3 is 15.2 Å². The maximum Gasteiger partial charge on any atom is 0.337 e. The smallest absolute Gasteiger partial charge is 0.334 e. The van der Waals surface area contributed by atoms with Crippen LogP contribution in [-0.2, 0) is 21.8 Å². The van der Waals surface area contributed by atoms with Gasteiger partial charge in [0.2, 0.25) is 6.67 Å². The maximum atomic E-state index is 11.8. The van der Waals surface area contributed by atoms with Crippen LogP contribution in [0.5, 0.6) is 0 Å². The van der Waals surface area contributed by atoms with Gasteiger partial charge in [-0.15, -0.1) is 0 Å². The Morgan fingerprint density at radius 2 is 2.00 bits per heavy atom. The number of aliphatic imine (C=N–C) groups is 1. The summed E-state index contributed by atoms with van der Waals surface area (Å²) in [6.45, 7) is 0.833. The lowest BCUT2D eigenvalue weighted by molar-refractivity contribution is -0.485. The lowest BCUT2D eigenvalue weighted by atomic mass is 10.8. The third-order valence-corrected chi connectivity index (χ3v) is 1.96. The molecule has 0 N–H and O–H groups in total. The molecular weight excluding hydrogens is 308 g/mol. The molecule has 0 atom stereocenters. The minimum Gasteiger partial charge on any atom is -0.334 e. The Bertz CT molecular complexity index is 605. The van der Waals surface area contributed by atoms with Gasteiger partial charge in [-0.25, -0.2) is 9.57 Å². The van der Waals surface area contributed by atoms with Crippen LogP contribution in [-0.4, -0.2) is 57.8 Å². The van der Waals surface area contributed by atoms with Gasteiger partial charge in [0, 0.05) is 0 Å². The third kappa shape index (κ3) is 7.93. The normalized spacial score (nSPS) is 12.7. The van der Waals surface area contributed by atoms with Crippen molar-refractivity contribution in [3.05, 3.63) is 6.08 Å². The molecule has 0 aromatic carbocycles. The van der Waals surface area contributed by atoms with Crippen molar-refractivity contribution in [2.24, 2.45) is 4.99 Å². The predicted molar refractivity (Wildman–Crippen MR) is 58.1 cm³/mol. The van der Waals surface area contributed by atoms with Crippen molar-refractivity contribution >= 4 is 34.2 Å². The SMILES string of the molecule is C[N+]1=CC=NC1.O=S(=O)(F)c1nnc(F)[n-]1.O=S=O. The van der Waals surface area contributed by atoms with Gasteiger partial charge in [0.15, 0.2) is 12.3 Å². The average molecular weight is 315 g/mol. The summed E-state index contributed by atoms with van der Waals surface area (Å²) in [5.41, 5.74) is 0. The van der Waals surface area contributed by atoms with Gasteiger partial charge in [-0.1, -0.05) is 3.89 Å².